The lowest BCUT2D eigenvalue weighted by molar-refractivity contribution is -0.161. The van der Waals surface area contributed by atoms with E-state index in [4.69, 9.17) is 23.5 Å². The number of hydrogen-bond acceptors (Lipinski definition) is 10. The lowest BCUT2D eigenvalue weighted by Gasteiger charge is -2.32. The summed E-state index contributed by atoms with van der Waals surface area (Å²) >= 11 is 0. The normalized spacial score (nSPS) is 14.4. The molecule has 0 spiro atoms. The number of aryl methyl sites for hydroxylation is 1. The zero-order valence-corrected chi connectivity index (χ0v) is 23.4. The first kappa shape index (κ1) is 32.5. The Morgan fingerprint density at radius 3 is 2.11 bits per heavy atom. The Labute approximate surface area is 219 Å². The summed E-state index contributed by atoms with van der Waals surface area (Å²) in [5, 5.41) is 8.97. The van der Waals surface area contributed by atoms with E-state index >= 15 is 0 Å². The summed E-state index contributed by atoms with van der Waals surface area (Å²) in [6.45, 7) is 7.69. The van der Waals surface area contributed by atoms with Crippen LogP contribution >= 0.6 is 0 Å². The van der Waals surface area contributed by atoms with Gasteiger partial charge < -0.3 is 19.3 Å². The second-order valence-corrected chi connectivity index (χ2v) is 11.5. The van der Waals surface area contributed by atoms with E-state index in [1.807, 2.05) is 6.92 Å². The molecule has 2 atom stereocenters. The van der Waals surface area contributed by atoms with Gasteiger partial charge in [-0.2, -0.15) is 8.42 Å². The Morgan fingerprint density at radius 1 is 0.946 bits per heavy atom. The molecule has 1 aromatic rings. The molecule has 0 saturated heterocycles. The van der Waals surface area contributed by atoms with Gasteiger partial charge in [0.15, 0.2) is 0 Å². The molecule has 2 unspecified atom stereocenters. The smallest absolute Gasteiger partial charge is 0.311 e. The Morgan fingerprint density at radius 2 is 1.57 bits per heavy atom. The van der Waals surface area contributed by atoms with E-state index in [1.54, 1.807) is 39.8 Å². The van der Waals surface area contributed by atoms with Gasteiger partial charge in [0, 0.05) is 13.0 Å². The van der Waals surface area contributed by atoms with Crippen LogP contribution in [0.15, 0.2) is 29.2 Å². The largest absolute Gasteiger partial charge is 0.469 e. The molecule has 0 fully saturated rings. The third-order valence-corrected chi connectivity index (χ3v) is 7.54. The Kier molecular flexibility index (Phi) is 12.7. The average Bonchev–Trinajstić information content (AvgIpc) is 2.85. The molecule has 11 heteroatoms. The molecule has 1 rings (SSSR count). The van der Waals surface area contributed by atoms with Crippen LogP contribution < -0.4 is 0 Å². The number of methoxy groups -OCH3 is 1. The number of aliphatic hydroxyl groups excluding tert-OH is 1. The number of hydrogen-bond donors (Lipinski definition) is 1. The maximum Gasteiger partial charge on any atom is 0.311 e. The third-order valence-electron chi connectivity index (χ3n) is 6.21. The predicted molar refractivity (Wildman–Crippen MR) is 135 cm³/mol. The van der Waals surface area contributed by atoms with Gasteiger partial charge in [0.25, 0.3) is 10.1 Å². The molecule has 0 amide bonds. The Hall–Kier alpha value is -2.50. The lowest BCUT2D eigenvalue weighted by atomic mass is 9.73. The van der Waals surface area contributed by atoms with E-state index in [-0.39, 0.29) is 50.6 Å². The van der Waals surface area contributed by atoms with E-state index in [9.17, 15) is 22.8 Å². The number of ether oxygens (including phenoxy) is 3. The number of aliphatic hydroxyl groups is 1. The van der Waals surface area contributed by atoms with Crippen LogP contribution in [0.2, 0.25) is 0 Å². The number of benzene rings is 1. The summed E-state index contributed by atoms with van der Waals surface area (Å²) in [5.74, 6) is -2.56. The van der Waals surface area contributed by atoms with Crippen molar-refractivity contribution in [2.75, 3.05) is 33.5 Å². The lowest BCUT2D eigenvalue weighted by Crippen LogP contribution is -2.38. The quantitative estimate of drug-likeness (QED) is 0.143. The monoisotopic (exact) mass is 544 g/mol. The van der Waals surface area contributed by atoms with Crippen LogP contribution in [0.25, 0.3) is 0 Å². The zero-order valence-electron chi connectivity index (χ0n) is 22.6. The number of carbonyl (C=O) groups excluding carboxylic acids is 3. The van der Waals surface area contributed by atoms with Gasteiger partial charge in [-0.15, -0.1) is 0 Å². The minimum Gasteiger partial charge on any atom is -0.469 e. The van der Waals surface area contributed by atoms with Crippen molar-refractivity contribution in [1.82, 2.24) is 0 Å². The molecule has 10 nitrogen and oxygen atoms in total. The molecule has 0 saturated carbocycles. The van der Waals surface area contributed by atoms with Crippen LogP contribution in [0.5, 0.6) is 0 Å². The minimum atomic E-state index is -4.00. The second kappa shape index (κ2) is 14.4. The molecule has 0 aromatic heterocycles. The van der Waals surface area contributed by atoms with E-state index in [0.717, 1.165) is 5.56 Å². The van der Waals surface area contributed by atoms with Gasteiger partial charge in [0.05, 0.1) is 35.4 Å². The molecule has 0 aliphatic rings. The summed E-state index contributed by atoms with van der Waals surface area (Å²) < 4.78 is 45.1. The molecule has 0 radical (unpaired) electrons. The SMILES string of the molecule is CCC(C)(CC(CC(C)(C)C(=O)OC)C(=O)OCCCO)C(=O)OCCOS(=O)(=O)c1ccc(C)cc1. The highest BCUT2D eigenvalue weighted by atomic mass is 32.2. The highest BCUT2D eigenvalue weighted by Gasteiger charge is 2.42. The van der Waals surface area contributed by atoms with Crippen molar-refractivity contribution >= 4 is 28.0 Å². The van der Waals surface area contributed by atoms with Crippen molar-refractivity contribution in [2.45, 2.75) is 65.2 Å². The molecule has 0 aliphatic carbocycles. The Balaban J connectivity index is 2.88. The van der Waals surface area contributed by atoms with Crippen molar-refractivity contribution in [3.63, 3.8) is 0 Å². The van der Waals surface area contributed by atoms with Crippen molar-refractivity contribution in [2.24, 2.45) is 16.7 Å². The molecule has 0 heterocycles. The average molecular weight is 545 g/mol. The number of carbonyl (C=O) groups is 3. The van der Waals surface area contributed by atoms with Crippen LogP contribution in [-0.4, -0.2) is 65.0 Å². The van der Waals surface area contributed by atoms with Gasteiger partial charge in [0.2, 0.25) is 0 Å². The van der Waals surface area contributed by atoms with Crippen molar-refractivity contribution < 1.29 is 46.3 Å². The number of esters is 3. The molecular formula is C26H40O10S. The first-order valence-corrected chi connectivity index (χ1v) is 13.6. The molecule has 1 N–H and O–H groups in total. The van der Waals surface area contributed by atoms with Crippen molar-refractivity contribution in [3.8, 4) is 0 Å². The van der Waals surface area contributed by atoms with E-state index in [1.165, 1.54) is 19.2 Å². The van der Waals surface area contributed by atoms with Gasteiger partial charge in [-0.3, -0.25) is 18.6 Å². The fourth-order valence-corrected chi connectivity index (χ4v) is 4.60. The van der Waals surface area contributed by atoms with Gasteiger partial charge in [-0.05, 0) is 59.1 Å². The molecule has 210 valence electrons. The maximum absolute atomic E-state index is 13.0. The van der Waals surface area contributed by atoms with Crippen LogP contribution in [0.1, 0.15) is 58.9 Å². The van der Waals surface area contributed by atoms with Gasteiger partial charge in [-0.25, -0.2) is 0 Å². The second-order valence-electron chi connectivity index (χ2n) is 9.86. The molecule has 0 bridgehead atoms. The first-order chi connectivity index (χ1) is 17.2. The maximum atomic E-state index is 13.0. The highest BCUT2D eigenvalue weighted by Crippen LogP contribution is 2.38. The summed E-state index contributed by atoms with van der Waals surface area (Å²) in [6, 6.07) is 6.16. The Bertz CT molecular complexity index is 1000. The van der Waals surface area contributed by atoms with E-state index < -0.39 is 44.8 Å². The van der Waals surface area contributed by atoms with Crippen molar-refractivity contribution in [3.05, 3.63) is 29.8 Å². The van der Waals surface area contributed by atoms with Crippen LogP contribution in [0.4, 0.5) is 0 Å². The summed E-state index contributed by atoms with van der Waals surface area (Å²) in [4.78, 5) is 38.1. The summed E-state index contributed by atoms with van der Waals surface area (Å²) in [5.41, 5.74) is -1.24. The third kappa shape index (κ3) is 10.1. The highest BCUT2D eigenvalue weighted by molar-refractivity contribution is 7.86. The molecule has 0 aliphatic heterocycles. The standard InChI is InChI=1S/C26H40O10S/c1-7-26(5,18-20(22(28)34-14-8-13-27)17-25(3,4)23(29)33-6)24(30)35-15-16-36-37(31,32)21-11-9-19(2)10-12-21/h9-12,20,27H,7-8,13-18H2,1-6H3. The van der Waals surface area contributed by atoms with Gasteiger partial charge in [0.1, 0.15) is 13.2 Å². The first-order valence-electron chi connectivity index (χ1n) is 12.2. The summed E-state index contributed by atoms with van der Waals surface area (Å²) in [6.07, 6.45) is 0.673. The molecule has 1 aromatic carbocycles. The van der Waals surface area contributed by atoms with Crippen molar-refractivity contribution in [1.29, 1.82) is 0 Å². The van der Waals surface area contributed by atoms with Crippen LogP contribution in [0, 0.1) is 23.7 Å². The van der Waals surface area contributed by atoms with E-state index in [0.29, 0.717) is 6.42 Å². The fraction of sp³-hybridized carbons (Fsp3) is 0.654. The molecular weight excluding hydrogens is 504 g/mol. The van der Waals surface area contributed by atoms with Gasteiger partial charge in [-0.1, -0.05) is 24.6 Å². The predicted octanol–water partition coefficient (Wildman–Crippen LogP) is 3.18. The number of rotatable bonds is 16. The van der Waals surface area contributed by atoms with Crippen LogP contribution in [0.3, 0.4) is 0 Å². The topological polar surface area (TPSA) is 142 Å². The summed E-state index contributed by atoms with van der Waals surface area (Å²) in [7, 11) is -2.75. The van der Waals surface area contributed by atoms with Crippen LogP contribution in [-0.2, 0) is 42.9 Å². The van der Waals surface area contributed by atoms with Gasteiger partial charge >= 0.3 is 17.9 Å². The zero-order chi connectivity index (χ0) is 28.3. The minimum absolute atomic E-state index is 0.00130. The molecule has 37 heavy (non-hydrogen) atoms. The fourth-order valence-electron chi connectivity index (χ4n) is 3.71. The van der Waals surface area contributed by atoms with E-state index in [2.05, 4.69) is 0 Å².